The van der Waals surface area contributed by atoms with Crippen molar-refractivity contribution in [1.82, 2.24) is 5.32 Å². The van der Waals surface area contributed by atoms with Gasteiger partial charge in [0.1, 0.15) is 5.82 Å². The number of halogens is 2. The van der Waals surface area contributed by atoms with Gasteiger partial charge in [-0.1, -0.05) is 20.8 Å². The highest BCUT2D eigenvalue weighted by Crippen LogP contribution is 2.22. The number of carbonyl (C=O) groups is 1. The van der Waals surface area contributed by atoms with E-state index < -0.39 is 33.7 Å². The van der Waals surface area contributed by atoms with E-state index in [-0.39, 0.29) is 12.0 Å². The summed E-state index contributed by atoms with van der Waals surface area (Å²) in [5, 5.41) is 13.2. The van der Waals surface area contributed by atoms with Gasteiger partial charge in [-0.05, 0) is 18.4 Å². The minimum absolute atomic E-state index is 0.107. The van der Waals surface area contributed by atoms with Gasteiger partial charge in [0.05, 0.1) is 16.6 Å². The molecule has 0 aliphatic rings. The van der Waals surface area contributed by atoms with E-state index >= 15 is 0 Å². The average molecular weight is 286 g/mol. The summed E-state index contributed by atoms with van der Waals surface area (Å²) in [4.78, 5) is 21.5. The molecule has 1 aromatic carbocycles. The average Bonchev–Trinajstić information content (AvgIpc) is 2.37. The summed E-state index contributed by atoms with van der Waals surface area (Å²) in [6.45, 7) is 5.59. The standard InChI is InChI=1S/C13H16F2N2O3/c1-4-10(7(2)3)16-13(18)9-5-8(14)6-11(12(9)15)17(19)20/h5-7,10H,4H2,1-3H3,(H,16,18). The molecule has 7 heteroatoms. The predicted molar refractivity (Wildman–Crippen MR) is 69.4 cm³/mol. The summed E-state index contributed by atoms with van der Waals surface area (Å²) in [7, 11) is 0. The smallest absolute Gasteiger partial charge is 0.308 e. The number of nitro benzene ring substituents is 1. The Labute approximate surface area is 115 Å². The number of rotatable bonds is 5. The number of amides is 1. The molecule has 0 radical (unpaired) electrons. The van der Waals surface area contributed by atoms with Gasteiger partial charge in [-0.15, -0.1) is 0 Å². The molecular formula is C13H16F2N2O3. The van der Waals surface area contributed by atoms with Crippen molar-refractivity contribution < 1.29 is 18.5 Å². The van der Waals surface area contributed by atoms with E-state index in [0.717, 1.165) is 0 Å². The van der Waals surface area contributed by atoms with Crippen molar-refractivity contribution >= 4 is 11.6 Å². The molecule has 20 heavy (non-hydrogen) atoms. The van der Waals surface area contributed by atoms with Crippen molar-refractivity contribution in [1.29, 1.82) is 0 Å². The highest BCUT2D eigenvalue weighted by Gasteiger charge is 2.25. The zero-order chi connectivity index (χ0) is 15.4. The zero-order valence-electron chi connectivity index (χ0n) is 11.4. The number of benzene rings is 1. The van der Waals surface area contributed by atoms with Gasteiger partial charge in [-0.3, -0.25) is 14.9 Å². The first-order valence-corrected chi connectivity index (χ1v) is 6.22. The van der Waals surface area contributed by atoms with E-state index in [4.69, 9.17) is 0 Å². The lowest BCUT2D eigenvalue weighted by molar-refractivity contribution is -0.387. The van der Waals surface area contributed by atoms with Crippen molar-refractivity contribution in [3.63, 3.8) is 0 Å². The van der Waals surface area contributed by atoms with Gasteiger partial charge in [0.2, 0.25) is 5.82 Å². The van der Waals surface area contributed by atoms with E-state index in [2.05, 4.69) is 5.32 Å². The molecule has 0 aromatic heterocycles. The minimum atomic E-state index is -1.33. The summed E-state index contributed by atoms with van der Waals surface area (Å²) >= 11 is 0. The largest absolute Gasteiger partial charge is 0.349 e. The fourth-order valence-electron chi connectivity index (χ4n) is 1.86. The van der Waals surface area contributed by atoms with Gasteiger partial charge >= 0.3 is 5.69 Å². The summed E-state index contributed by atoms with van der Waals surface area (Å²) in [6.07, 6.45) is 0.614. The molecule has 0 spiro atoms. The Kier molecular flexibility index (Phi) is 5.12. The molecule has 1 N–H and O–H groups in total. The number of nitrogens with one attached hydrogen (secondary N) is 1. The molecule has 0 aliphatic carbocycles. The quantitative estimate of drug-likeness (QED) is 0.668. The van der Waals surface area contributed by atoms with E-state index in [9.17, 15) is 23.7 Å². The fraction of sp³-hybridized carbons (Fsp3) is 0.462. The van der Waals surface area contributed by atoms with Crippen LogP contribution in [0.15, 0.2) is 12.1 Å². The Bertz CT molecular complexity index is 533. The minimum Gasteiger partial charge on any atom is -0.349 e. The fourth-order valence-corrected chi connectivity index (χ4v) is 1.86. The molecule has 0 saturated carbocycles. The van der Waals surface area contributed by atoms with Crippen LogP contribution in [0.2, 0.25) is 0 Å². The first kappa shape index (κ1) is 16.0. The normalized spacial score (nSPS) is 12.3. The molecule has 0 saturated heterocycles. The Balaban J connectivity index is 3.13. The molecule has 0 bridgehead atoms. The van der Waals surface area contributed by atoms with E-state index in [0.29, 0.717) is 18.6 Å². The lowest BCUT2D eigenvalue weighted by atomic mass is 10.0. The number of nitrogens with zero attached hydrogens (tertiary/aromatic N) is 1. The molecule has 110 valence electrons. The third-order valence-electron chi connectivity index (χ3n) is 3.02. The Hall–Kier alpha value is -2.05. The van der Waals surface area contributed by atoms with Crippen molar-refractivity contribution in [3.05, 3.63) is 39.4 Å². The lowest BCUT2D eigenvalue weighted by Crippen LogP contribution is -2.38. The predicted octanol–water partition coefficient (Wildman–Crippen LogP) is 3.04. The van der Waals surface area contributed by atoms with Gasteiger partial charge in [-0.2, -0.15) is 4.39 Å². The van der Waals surface area contributed by atoms with E-state index in [1.165, 1.54) is 0 Å². The highest BCUT2D eigenvalue weighted by atomic mass is 19.1. The molecule has 0 fully saturated rings. The zero-order valence-corrected chi connectivity index (χ0v) is 11.4. The summed E-state index contributed by atoms with van der Waals surface area (Å²) < 4.78 is 27.1. The second kappa shape index (κ2) is 6.40. The first-order valence-electron chi connectivity index (χ1n) is 6.22. The van der Waals surface area contributed by atoms with E-state index in [1.54, 1.807) is 0 Å². The number of hydrogen-bond donors (Lipinski definition) is 1. The van der Waals surface area contributed by atoms with Crippen molar-refractivity contribution in [2.24, 2.45) is 5.92 Å². The lowest BCUT2D eigenvalue weighted by Gasteiger charge is -2.20. The Morgan fingerprint density at radius 2 is 2.00 bits per heavy atom. The Morgan fingerprint density at radius 1 is 1.40 bits per heavy atom. The van der Waals surface area contributed by atoms with Crippen LogP contribution in [-0.4, -0.2) is 16.9 Å². The van der Waals surface area contributed by atoms with Gasteiger partial charge < -0.3 is 5.32 Å². The van der Waals surface area contributed by atoms with Crippen LogP contribution in [0.3, 0.4) is 0 Å². The van der Waals surface area contributed by atoms with Crippen LogP contribution in [0.5, 0.6) is 0 Å². The molecule has 1 amide bonds. The second-order valence-corrected chi connectivity index (χ2v) is 4.78. The molecule has 1 aromatic rings. The maximum atomic E-state index is 13.8. The van der Waals surface area contributed by atoms with Crippen molar-refractivity contribution in [2.75, 3.05) is 0 Å². The Morgan fingerprint density at radius 3 is 2.45 bits per heavy atom. The molecule has 0 aliphatic heterocycles. The van der Waals surface area contributed by atoms with Gasteiger partial charge in [0.25, 0.3) is 5.91 Å². The molecule has 1 unspecified atom stereocenters. The van der Waals surface area contributed by atoms with Crippen LogP contribution in [0.1, 0.15) is 37.6 Å². The molecule has 1 rings (SSSR count). The van der Waals surface area contributed by atoms with Crippen molar-refractivity contribution in [2.45, 2.75) is 33.2 Å². The summed E-state index contributed by atoms with van der Waals surface area (Å²) in [5.41, 5.74) is -1.71. The van der Waals surface area contributed by atoms with Gasteiger partial charge in [0.15, 0.2) is 0 Å². The van der Waals surface area contributed by atoms with E-state index in [1.807, 2.05) is 20.8 Å². The maximum absolute atomic E-state index is 13.8. The van der Waals surface area contributed by atoms with Crippen LogP contribution in [0.25, 0.3) is 0 Å². The van der Waals surface area contributed by atoms with Crippen LogP contribution in [0, 0.1) is 27.7 Å². The van der Waals surface area contributed by atoms with Crippen LogP contribution >= 0.6 is 0 Å². The second-order valence-electron chi connectivity index (χ2n) is 4.78. The van der Waals surface area contributed by atoms with Gasteiger partial charge in [-0.25, -0.2) is 4.39 Å². The molecule has 1 atom stereocenters. The van der Waals surface area contributed by atoms with Crippen LogP contribution in [-0.2, 0) is 0 Å². The topological polar surface area (TPSA) is 72.2 Å². The SMILES string of the molecule is CCC(NC(=O)c1cc(F)cc([N+](=O)[O-])c1F)C(C)C. The summed E-state index contributed by atoms with van der Waals surface area (Å²) in [6, 6.07) is 0.889. The monoisotopic (exact) mass is 286 g/mol. The van der Waals surface area contributed by atoms with Crippen molar-refractivity contribution in [3.8, 4) is 0 Å². The highest BCUT2D eigenvalue weighted by molar-refractivity contribution is 5.95. The summed E-state index contributed by atoms with van der Waals surface area (Å²) in [5.74, 6) is -3.10. The molecular weight excluding hydrogens is 270 g/mol. The number of carbonyl (C=O) groups excluding carboxylic acids is 1. The van der Waals surface area contributed by atoms with Crippen LogP contribution in [0.4, 0.5) is 14.5 Å². The molecule has 0 heterocycles. The first-order chi connectivity index (χ1) is 9.27. The third-order valence-corrected chi connectivity index (χ3v) is 3.02. The van der Waals surface area contributed by atoms with Gasteiger partial charge in [0, 0.05) is 6.04 Å². The number of nitro groups is 1. The maximum Gasteiger partial charge on any atom is 0.308 e. The number of hydrogen-bond acceptors (Lipinski definition) is 3. The third kappa shape index (κ3) is 3.49. The molecule has 5 nitrogen and oxygen atoms in total. The van der Waals surface area contributed by atoms with Crippen LogP contribution < -0.4 is 5.32 Å².